The van der Waals surface area contributed by atoms with E-state index in [0.29, 0.717) is 12.1 Å². The minimum absolute atomic E-state index is 0.468. The van der Waals surface area contributed by atoms with Gasteiger partial charge in [0.1, 0.15) is 0 Å². The lowest BCUT2D eigenvalue weighted by molar-refractivity contribution is 1.34. The summed E-state index contributed by atoms with van der Waals surface area (Å²) in [6.45, 7) is 6.64. The molecule has 0 saturated carbocycles. The molecule has 1 nitrogen and oxygen atoms in total. The van der Waals surface area contributed by atoms with E-state index in [9.17, 15) is 0 Å². The van der Waals surface area contributed by atoms with Crippen molar-refractivity contribution in [2.75, 3.05) is 0 Å². The molecule has 82 valence electrons. The number of nitrogens with zero attached hydrogens (tertiary/aromatic N) is 1. The monoisotopic (exact) mass is 229 g/mol. The van der Waals surface area contributed by atoms with Gasteiger partial charge in [-0.3, -0.25) is 4.98 Å². The summed E-state index contributed by atoms with van der Waals surface area (Å²) in [6.07, 6.45) is 1.83. The van der Waals surface area contributed by atoms with E-state index >= 15 is 0 Å². The van der Waals surface area contributed by atoms with Crippen molar-refractivity contribution in [3.8, 4) is 11.3 Å². The van der Waals surface area contributed by atoms with Gasteiger partial charge < -0.3 is 0 Å². The Hall–Kier alpha value is -1.41. The van der Waals surface area contributed by atoms with Crippen LogP contribution in [0.3, 0.4) is 0 Å². The van der Waals surface area contributed by atoms with Gasteiger partial charge in [-0.2, -0.15) is 0 Å². The van der Waals surface area contributed by atoms with Gasteiger partial charge in [-0.05, 0) is 11.3 Å². The van der Waals surface area contributed by atoms with E-state index in [1.807, 2.05) is 24.4 Å². The molecule has 0 saturated heterocycles. The van der Waals surface area contributed by atoms with Crippen molar-refractivity contribution in [3.63, 3.8) is 0 Å². The number of hydrogen-bond donors (Lipinski definition) is 0. The van der Waals surface area contributed by atoms with Crippen LogP contribution >= 0.6 is 0 Å². The standard InChI is InChI=1S/C14H17NSi/c1-16(2,3)13-9-10-14(15-11-13)12-7-5-4-6-8-12/h4-11H,1-3H3/i5D,9D. The first-order chi connectivity index (χ1) is 8.38. The molecule has 2 rings (SSSR count). The van der Waals surface area contributed by atoms with Crippen molar-refractivity contribution in [3.05, 3.63) is 48.6 Å². The van der Waals surface area contributed by atoms with E-state index < -0.39 is 8.07 Å². The maximum absolute atomic E-state index is 8.12. The third-order valence-corrected chi connectivity index (χ3v) is 4.40. The van der Waals surface area contributed by atoms with Crippen LogP contribution < -0.4 is 5.19 Å². The minimum atomic E-state index is -1.50. The molecule has 0 N–H and O–H groups in total. The highest BCUT2D eigenvalue weighted by Crippen LogP contribution is 2.15. The van der Waals surface area contributed by atoms with Gasteiger partial charge in [0.25, 0.3) is 0 Å². The second-order valence-electron chi connectivity index (χ2n) is 4.89. The Morgan fingerprint density at radius 2 is 1.94 bits per heavy atom. The molecule has 0 aliphatic carbocycles. The van der Waals surface area contributed by atoms with Crippen molar-refractivity contribution < 1.29 is 2.74 Å². The van der Waals surface area contributed by atoms with Crippen molar-refractivity contribution in [1.82, 2.24) is 4.98 Å². The van der Waals surface area contributed by atoms with Crippen LogP contribution in [0.2, 0.25) is 19.6 Å². The lowest BCUT2D eigenvalue weighted by Gasteiger charge is -2.16. The SMILES string of the molecule is [2H]c1cccc(-c2cc([2H])c([Si](C)(C)C)cn2)c1. The van der Waals surface area contributed by atoms with Crippen molar-refractivity contribution in [2.24, 2.45) is 0 Å². The molecule has 2 heteroatoms. The van der Waals surface area contributed by atoms with Gasteiger partial charge in [-0.25, -0.2) is 0 Å². The Morgan fingerprint density at radius 3 is 2.56 bits per heavy atom. The highest BCUT2D eigenvalue weighted by molar-refractivity contribution is 6.88. The molecule has 1 aromatic heterocycles. The molecule has 16 heavy (non-hydrogen) atoms. The van der Waals surface area contributed by atoms with E-state index in [1.54, 1.807) is 12.1 Å². The van der Waals surface area contributed by atoms with E-state index in [2.05, 4.69) is 24.6 Å². The summed E-state index contributed by atoms with van der Waals surface area (Å²) in [6, 6.07) is 10.1. The number of rotatable bonds is 2. The Morgan fingerprint density at radius 1 is 1.12 bits per heavy atom. The molecule has 0 radical (unpaired) electrons. The van der Waals surface area contributed by atoms with Gasteiger partial charge in [-0.15, -0.1) is 0 Å². The largest absolute Gasteiger partial charge is 0.256 e. The highest BCUT2D eigenvalue weighted by atomic mass is 28.3. The van der Waals surface area contributed by atoms with Crippen molar-refractivity contribution >= 4 is 13.3 Å². The summed E-state index contributed by atoms with van der Waals surface area (Å²) in [5.41, 5.74) is 1.68. The van der Waals surface area contributed by atoms with Gasteiger partial charge in [0, 0.05) is 11.8 Å². The number of aromatic nitrogens is 1. The normalized spacial score (nSPS) is 13.2. The van der Waals surface area contributed by atoms with Gasteiger partial charge >= 0.3 is 0 Å². The summed E-state index contributed by atoms with van der Waals surface area (Å²) in [7, 11) is -1.50. The van der Waals surface area contributed by atoms with Crippen LogP contribution in [0.15, 0.2) is 48.6 Å². The quantitative estimate of drug-likeness (QED) is 0.720. The van der Waals surface area contributed by atoms with Gasteiger partial charge in [0.15, 0.2) is 0 Å². The number of pyridine rings is 1. The fourth-order valence-corrected chi connectivity index (χ4v) is 2.43. The van der Waals surface area contributed by atoms with Gasteiger partial charge in [0.2, 0.25) is 0 Å². The highest BCUT2D eigenvalue weighted by Gasteiger charge is 2.16. The van der Waals surface area contributed by atoms with Crippen LogP contribution in [-0.2, 0) is 0 Å². The fraction of sp³-hybridized carbons (Fsp3) is 0.214. The summed E-state index contributed by atoms with van der Waals surface area (Å²) < 4.78 is 15.7. The van der Waals surface area contributed by atoms with Crippen molar-refractivity contribution in [1.29, 1.82) is 0 Å². The van der Waals surface area contributed by atoms with Crippen molar-refractivity contribution in [2.45, 2.75) is 19.6 Å². The second kappa shape index (κ2) is 4.22. The molecule has 0 spiro atoms. The molecule has 0 aliphatic rings. The molecule has 0 bridgehead atoms. The third kappa shape index (κ3) is 2.39. The smallest absolute Gasteiger partial charge is 0.0796 e. The van der Waals surface area contributed by atoms with E-state index in [4.69, 9.17) is 2.74 Å². The number of hydrogen-bond acceptors (Lipinski definition) is 1. The van der Waals surface area contributed by atoms with Crippen LogP contribution in [0.5, 0.6) is 0 Å². The molecule has 2 aromatic rings. The Kier molecular flexibility index (Phi) is 2.30. The molecule has 0 aliphatic heterocycles. The molecular formula is C14H17NSi. The van der Waals surface area contributed by atoms with Crippen LogP contribution in [0, 0.1) is 0 Å². The average Bonchev–Trinajstić information content (AvgIpc) is 2.27. The molecule has 0 fully saturated rings. The average molecular weight is 229 g/mol. The van der Waals surface area contributed by atoms with E-state index in [1.165, 1.54) is 0 Å². The Bertz CT molecular complexity index is 576. The van der Waals surface area contributed by atoms with Crippen LogP contribution in [0.25, 0.3) is 11.3 Å². The summed E-state index contributed by atoms with van der Waals surface area (Å²) in [5.74, 6) is 0. The van der Waals surface area contributed by atoms with Crippen LogP contribution in [-0.4, -0.2) is 13.1 Å². The first-order valence-corrected chi connectivity index (χ1v) is 8.92. The summed E-state index contributed by atoms with van der Waals surface area (Å²) in [4.78, 5) is 4.45. The van der Waals surface area contributed by atoms with Gasteiger partial charge in [0.05, 0.1) is 16.5 Å². The minimum Gasteiger partial charge on any atom is -0.256 e. The zero-order valence-corrected chi connectivity index (χ0v) is 10.9. The fourth-order valence-electron chi connectivity index (χ4n) is 1.48. The van der Waals surface area contributed by atoms with Crippen LogP contribution in [0.4, 0.5) is 0 Å². The molecule has 0 amide bonds. The zero-order valence-electron chi connectivity index (χ0n) is 11.9. The predicted octanol–water partition coefficient (Wildman–Crippen LogP) is 3.29. The molecule has 1 heterocycles. The maximum Gasteiger partial charge on any atom is 0.0796 e. The summed E-state index contributed by atoms with van der Waals surface area (Å²) in [5, 5.41) is 1.08. The molecule has 1 aromatic carbocycles. The zero-order chi connectivity index (χ0) is 13.3. The first-order valence-electron chi connectivity index (χ1n) is 6.42. The molecule has 0 atom stereocenters. The molecule has 0 unspecified atom stereocenters. The third-order valence-electron chi connectivity index (χ3n) is 2.51. The second-order valence-corrected chi connectivity index (χ2v) is 9.93. The predicted molar refractivity (Wildman–Crippen MR) is 72.7 cm³/mol. The number of benzene rings is 1. The topological polar surface area (TPSA) is 12.9 Å². The lowest BCUT2D eigenvalue weighted by Crippen LogP contribution is -2.37. The Labute approximate surface area is 101 Å². The molecular weight excluding hydrogens is 210 g/mol. The van der Waals surface area contributed by atoms with Crippen LogP contribution in [0.1, 0.15) is 2.74 Å². The lowest BCUT2D eigenvalue weighted by atomic mass is 10.1. The van der Waals surface area contributed by atoms with E-state index in [0.717, 1.165) is 16.4 Å². The first kappa shape index (κ1) is 8.71. The van der Waals surface area contributed by atoms with E-state index in [-0.39, 0.29) is 0 Å². The summed E-state index contributed by atoms with van der Waals surface area (Å²) >= 11 is 0. The maximum atomic E-state index is 8.12. The van der Waals surface area contributed by atoms with Gasteiger partial charge in [-0.1, -0.05) is 56.0 Å². The Balaban J connectivity index is 2.47.